The van der Waals surface area contributed by atoms with E-state index in [4.69, 9.17) is 0 Å². The highest BCUT2D eigenvalue weighted by Crippen LogP contribution is 2.46. The van der Waals surface area contributed by atoms with Gasteiger partial charge in [-0.3, -0.25) is 4.79 Å². The lowest BCUT2D eigenvalue weighted by Crippen LogP contribution is -2.38. The molecule has 1 aromatic rings. The Hall–Kier alpha value is -0.670. The van der Waals surface area contributed by atoms with Crippen LogP contribution in [0.3, 0.4) is 0 Å². The van der Waals surface area contributed by atoms with E-state index < -0.39 is 5.60 Å². The molecule has 1 aliphatic rings. The number of Topliss-reactive ketones (excluding diaryl/α,β-unsaturated/α-hetero) is 1. The molecule has 0 aromatic heterocycles. The van der Waals surface area contributed by atoms with Crippen LogP contribution < -0.4 is 0 Å². The van der Waals surface area contributed by atoms with E-state index in [0.717, 1.165) is 18.4 Å². The van der Waals surface area contributed by atoms with Crippen LogP contribution in [-0.4, -0.2) is 16.2 Å². The van der Waals surface area contributed by atoms with E-state index >= 15 is 0 Å². The van der Waals surface area contributed by atoms with Gasteiger partial charge in [-0.15, -0.1) is 0 Å². The van der Waals surface area contributed by atoms with Gasteiger partial charge in [0.2, 0.25) is 0 Å². The van der Waals surface area contributed by atoms with Crippen LogP contribution in [-0.2, 0) is 10.4 Å². The zero-order chi connectivity index (χ0) is 10.9. The number of carbonyl (C=O) groups is 1. The Labute approximate surface area is 97.4 Å². The molecule has 1 atom stereocenters. The van der Waals surface area contributed by atoms with Gasteiger partial charge >= 0.3 is 0 Å². The maximum Gasteiger partial charge on any atom is 0.179 e. The lowest BCUT2D eigenvalue weighted by Gasteiger charge is -2.26. The Balaban J connectivity index is 2.38. The Morgan fingerprint density at radius 2 is 2.00 bits per heavy atom. The minimum atomic E-state index is -1.27. The van der Waals surface area contributed by atoms with Crippen LogP contribution in [0.25, 0.3) is 0 Å². The molecule has 1 aromatic carbocycles. The van der Waals surface area contributed by atoms with Gasteiger partial charge in [-0.1, -0.05) is 46.3 Å². The van der Waals surface area contributed by atoms with Crippen LogP contribution in [0.2, 0.25) is 0 Å². The second-order valence-electron chi connectivity index (χ2n) is 3.96. The quantitative estimate of drug-likeness (QED) is 0.851. The molecule has 15 heavy (non-hydrogen) atoms. The Kier molecular flexibility index (Phi) is 2.94. The highest BCUT2D eigenvalue weighted by Gasteiger charge is 2.49. The van der Waals surface area contributed by atoms with E-state index in [9.17, 15) is 9.90 Å². The Bertz CT molecular complexity index is 359. The zero-order valence-corrected chi connectivity index (χ0v) is 9.90. The number of carbonyl (C=O) groups excluding carboxylic acids is 1. The summed E-state index contributed by atoms with van der Waals surface area (Å²) in [5.41, 5.74) is -0.554. The monoisotopic (exact) mass is 268 g/mol. The van der Waals surface area contributed by atoms with Crippen LogP contribution in [0.1, 0.15) is 18.4 Å². The van der Waals surface area contributed by atoms with Gasteiger partial charge in [0.25, 0.3) is 0 Å². The molecule has 1 fully saturated rings. The number of alkyl halides is 1. The van der Waals surface area contributed by atoms with Gasteiger partial charge in [0.15, 0.2) is 11.4 Å². The van der Waals surface area contributed by atoms with Crippen LogP contribution >= 0.6 is 15.9 Å². The van der Waals surface area contributed by atoms with Gasteiger partial charge in [0.05, 0.1) is 5.33 Å². The van der Waals surface area contributed by atoms with Crippen LogP contribution in [0.5, 0.6) is 0 Å². The molecule has 0 radical (unpaired) electrons. The fourth-order valence-electron chi connectivity index (χ4n) is 1.92. The van der Waals surface area contributed by atoms with Crippen molar-refractivity contribution in [2.24, 2.45) is 5.92 Å². The van der Waals surface area contributed by atoms with Gasteiger partial charge in [-0.05, 0) is 24.3 Å². The van der Waals surface area contributed by atoms with E-state index in [1.165, 1.54) is 0 Å². The average Bonchev–Trinajstić information content (AvgIpc) is 3.12. The molecule has 1 aliphatic carbocycles. The molecule has 1 unspecified atom stereocenters. The second-order valence-corrected chi connectivity index (χ2v) is 4.52. The number of rotatable bonds is 4. The van der Waals surface area contributed by atoms with Crippen LogP contribution in [0.15, 0.2) is 30.3 Å². The van der Waals surface area contributed by atoms with Crippen molar-refractivity contribution in [2.45, 2.75) is 18.4 Å². The fraction of sp³-hybridized carbons (Fsp3) is 0.417. The molecule has 0 spiro atoms. The van der Waals surface area contributed by atoms with Gasteiger partial charge in [0.1, 0.15) is 0 Å². The summed E-state index contributed by atoms with van der Waals surface area (Å²) in [6.45, 7) is 0. The largest absolute Gasteiger partial charge is 0.377 e. The third-order valence-electron chi connectivity index (χ3n) is 2.93. The van der Waals surface area contributed by atoms with Crippen molar-refractivity contribution in [3.63, 3.8) is 0 Å². The standard InChI is InChI=1S/C12H13BrO2/c13-8-11(14)12(15,10-6-7-10)9-4-2-1-3-5-9/h1-5,10,15H,6-8H2. The SMILES string of the molecule is O=C(CBr)C(O)(c1ccccc1)C1CC1. The summed E-state index contributed by atoms with van der Waals surface area (Å²) in [5, 5.41) is 10.7. The van der Waals surface area contributed by atoms with E-state index in [-0.39, 0.29) is 17.0 Å². The lowest BCUT2D eigenvalue weighted by atomic mass is 9.85. The molecular weight excluding hydrogens is 256 g/mol. The number of benzene rings is 1. The maximum atomic E-state index is 11.8. The molecule has 3 heteroatoms. The van der Waals surface area contributed by atoms with Crippen molar-refractivity contribution in [1.82, 2.24) is 0 Å². The lowest BCUT2D eigenvalue weighted by molar-refractivity contribution is -0.137. The van der Waals surface area contributed by atoms with Gasteiger partial charge in [-0.2, -0.15) is 0 Å². The molecule has 80 valence electrons. The molecule has 0 heterocycles. The molecular formula is C12H13BrO2. The van der Waals surface area contributed by atoms with E-state index in [2.05, 4.69) is 15.9 Å². The highest BCUT2D eigenvalue weighted by atomic mass is 79.9. The van der Waals surface area contributed by atoms with Crippen molar-refractivity contribution in [3.8, 4) is 0 Å². The molecule has 0 aliphatic heterocycles. The first-order valence-electron chi connectivity index (χ1n) is 5.06. The van der Waals surface area contributed by atoms with Crippen molar-refractivity contribution in [3.05, 3.63) is 35.9 Å². The molecule has 0 saturated heterocycles. The first-order valence-corrected chi connectivity index (χ1v) is 6.19. The number of hydrogen-bond acceptors (Lipinski definition) is 2. The van der Waals surface area contributed by atoms with Gasteiger partial charge in [0, 0.05) is 0 Å². The molecule has 0 amide bonds. The first-order chi connectivity index (χ1) is 7.19. The van der Waals surface area contributed by atoms with Crippen molar-refractivity contribution < 1.29 is 9.90 Å². The third kappa shape index (κ3) is 1.86. The Morgan fingerprint density at radius 3 is 2.47 bits per heavy atom. The van der Waals surface area contributed by atoms with Crippen LogP contribution in [0, 0.1) is 5.92 Å². The van der Waals surface area contributed by atoms with Crippen molar-refractivity contribution in [2.75, 3.05) is 5.33 Å². The second kappa shape index (κ2) is 4.06. The first kappa shape index (κ1) is 10.8. The van der Waals surface area contributed by atoms with Crippen molar-refractivity contribution in [1.29, 1.82) is 0 Å². The number of ketones is 1. The van der Waals surface area contributed by atoms with Crippen molar-refractivity contribution >= 4 is 21.7 Å². The minimum absolute atomic E-state index is 0.102. The molecule has 1 saturated carbocycles. The molecule has 0 bridgehead atoms. The molecule has 2 nitrogen and oxygen atoms in total. The molecule has 1 N–H and O–H groups in total. The summed E-state index contributed by atoms with van der Waals surface area (Å²) >= 11 is 3.13. The number of hydrogen-bond donors (Lipinski definition) is 1. The fourth-order valence-corrected chi connectivity index (χ4v) is 2.35. The minimum Gasteiger partial charge on any atom is -0.377 e. The summed E-state index contributed by atoms with van der Waals surface area (Å²) in [7, 11) is 0. The van der Waals surface area contributed by atoms with Gasteiger partial charge in [-0.25, -0.2) is 0 Å². The summed E-state index contributed by atoms with van der Waals surface area (Å²) in [6.07, 6.45) is 1.87. The summed E-state index contributed by atoms with van der Waals surface area (Å²) < 4.78 is 0. The number of halogens is 1. The van der Waals surface area contributed by atoms with E-state index in [1.54, 1.807) is 0 Å². The smallest absolute Gasteiger partial charge is 0.179 e. The predicted molar refractivity (Wildman–Crippen MR) is 61.9 cm³/mol. The van der Waals surface area contributed by atoms with E-state index in [1.807, 2.05) is 30.3 Å². The number of aliphatic hydroxyl groups is 1. The normalized spacial score (nSPS) is 19.6. The van der Waals surface area contributed by atoms with Gasteiger partial charge < -0.3 is 5.11 Å². The summed E-state index contributed by atoms with van der Waals surface area (Å²) in [6, 6.07) is 9.22. The highest BCUT2D eigenvalue weighted by molar-refractivity contribution is 9.09. The summed E-state index contributed by atoms with van der Waals surface area (Å²) in [5.74, 6) is -0.0406. The summed E-state index contributed by atoms with van der Waals surface area (Å²) in [4.78, 5) is 11.8. The molecule has 2 rings (SSSR count). The van der Waals surface area contributed by atoms with E-state index in [0.29, 0.717) is 0 Å². The third-order valence-corrected chi connectivity index (χ3v) is 3.44. The Morgan fingerprint density at radius 1 is 1.40 bits per heavy atom. The van der Waals surface area contributed by atoms with Crippen LogP contribution in [0.4, 0.5) is 0 Å². The zero-order valence-electron chi connectivity index (χ0n) is 8.32. The predicted octanol–water partition coefficient (Wildman–Crippen LogP) is 2.25. The average molecular weight is 269 g/mol. The topological polar surface area (TPSA) is 37.3 Å². The maximum absolute atomic E-state index is 11.8.